The van der Waals surface area contributed by atoms with Crippen molar-refractivity contribution in [2.75, 3.05) is 18.9 Å². The molecule has 3 aromatic rings. The summed E-state index contributed by atoms with van der Waals surface area (Å²) < 4.78 is 56.8. The number of aromatic nitrogens is 1. The number of rotatable bonds is 4. The lowest BCUT2D eigenvalue weighted by atomic mass is 9.86. The minimum absolute atomic E-state index is 0.0404. The van der Waals surface area contributed by atoms with Crippen LogP contribution in [0.15, 0.2) is 60.8 Å². The van der Waals surface area contributed by atoms with Crippen molar-refractivity contribution in [2.45, 2.75) is 11.7 Å². The Morgan fingerprint density at radius 1 is 1.06 bits per heavy atom. The van der Waals surface area contributed by atoms with Crippen molar-refractivity contribution in [3.63, 3.8) is 0 Å². The lowest BCUT2D eigenvalue weighted by Gasteiger charge is -2.42. The molecule has 1 aromatic heterocycles. The first-order chi connectivity index (χ1) is 14.7. The van der Waals surface area contributed by atoms with E-state index in [1.54, 1.807) is 24.3 Å². The van der Waals surface area contributed by atoms with Crippen LogP contribution in [0.25, 0.3) is 11.1 Å². The van der Waals surface area contributed by atoms with E-state index in [1.165, 1.54) is 24.3 Å². The molecule has 0 atom stereocenters. The number of benzene rings is 2. The van der Waals surface area contributed by atoms with Gasteiger partial charge in [0.15, 0.2) is 0 Å². The number of carbonyl (C=O) groups is 1. The molecule has 4 rings (SSSR count). The smallest absolute Gasteiger partial charge is 0.398 e. The highest BCUT2D eigenvalue weighted by Crippen LogP contribution is 2.35. The summed E-state index contributed by atoms with van der Waals surface area (Å²) in [6, 6.07) is 12.9. The zero-order chi connectivity index (χ0) is 22.2. The zero-order valence-corrected chi connectivity index (χ0v) is 16.0. The van der Waals surface area contributed by atoms with Crippen molar-refractivity contribution >= 4 is 11.6 Å². The third-order valence-corrected chi connectivity index (χ3v) is 5.13. The quantitative estimate of drug-likeness (QED) is 0.609. The summed E-state index contributed by atoms with van der Waals surface area (Å²) >= 11 is 0. The van der Waals surface area contributed by atoms with E-state index in [0.717, 1.165) is 17.8 Å². The Balaban J connectivity index is 1.57. The van der Waals surface area contributed by atoms with Gasteiger partial charge in [0, 0.05) is 23.0 Å². The van der Waals surface area contributed by atoms with E-state index in [0.29, 0.717) is 16.7 Å². The van der Waals surface area contributed by atoms with Crippen LogP contribution in [0.2, 0.25) is 0 Å². The van der Waals surface area contributed by atoms with Crippen LogP contribution < -0.4 is 11.1 Å². The number of amides is 1. The van der Waals surface area contributed by atoms with E-state index in [-0.39, 0.29) is 24.8 Å². The van der Waals surface area contributed by atoms with E-state index in [4.69, 9.17) is 10.5 Å². The number of carbonyl (C=O) groups excluding carboxylic acids is 1. The third-order valence-electron chi connectivity index (χ3n) is 5.13. The Morgan fingerprint density at radius 3 is 2.23 bits per heavy atom. The summed E-state index contributed by atoms with van der Waals surface area (Å²) in [7, 11) is 0. The first-order valence-corrected chi connectivity index (χ1v) is 9.27. The molecule has 1 fully saturated rings. The minimum Gasteiger partial charge on any atom is -0.398 e. The van der Waals surface area contributed by atoms with Crippen molar-refractivity contribution in [3.05, 3.63) is 83.4 Å². The molecule has 0 radical (unpaired) electrons. The van der Waals surface area contributed by atoms with E-state index in [1.807, 2.05) is 0 Å². The summed E-state index contributed by atoms with van der Waals surface area (Å²) in [4.78, 5) is 16.0. The van der Waals surface area contributed by atoms with Crippen LogP contribution in [-0.4, -0.2) is 24.1 Å². The first-order valence-electron chi connectivity index (χ1n) is 9.27. The van der Waals surface area contributed by atoms with Gasteiger partial charge in [-0.2, -0.15) is 13.2 Å². The summed E-state index contributed by atoms with van der Waals surface area (Å²) in [6.07, 6.45) is -3.48. The highest BCUT2D eigenvalue weighted by Gasteiger charge is 2.42. The fourth-order valence-electron chi connectivity index (χ4n) is 3.34. The average Bonchev–Trinajstić information content (AvgIpc) is 2.70. The molecule has 1 saturated heterocycles. The van der Waals surface area contributed by atoms with Crippen LogP contribution in [0.5, 0.6) is 0 Å². The number of nitrogen functional groups attached to an aromatic ring is 1. The average molecular weight is 431 g/mol. The number of pyridine rings is 1. The number of ether oxygens (including phenoxy) is 1. The van der Waals surface area contributed by atoms with Crippen molar-refractivity contribution in [1.82, 2.24) is 10.3 Å². The van der Waals surface area contributed by atoms with Gasteiger partial charge in [0.25, 0.3) is 5.91 Å². The second kappa shape index (κ2) is 7.66. The fourth-order valence-corrected chi connectivity index (χ4v) is 3.34. The van der Waals surface area contributed by atoms with Gasteiger partial charge in [-0.15, -0.1) is 0 Å². The Bertz CT molecular complexity index is 1110. The molecule has 1 amide bonds. The second-order valence-corrected chi connectivity index (χ2v) is 7.27. The first kappa shape index (κ1) is 20.8. The van der Waals surface area contributed by atoms with Gasteiger partial charge in [-0.25, -0.2) is 4.39 Å². The number of hydrogen-bond donors (Lipinski definition) is 2. The zero-order valence-electron chi connectivity index (χ0n) is 16.0. The Kier molecular flexibility index (Phi) is 5.14. The second-order valence-electron chi connectivity index (χ2n) is 7.27. The lowest BCUT2D eigenvalue weighted by Crippen LogP contribution is -2.59. The molecule has 2 heterocycles. The van der Waals surface area contributed by atoms with Crippen molar-refractivity contribution in [1.29, 1.82) is 0 Å². The highest BCUT2D eigenvalue weighted by molar-refractivity contribution is 5.94. The number of alkyl halides is 3. The van der Waals surface area contributed by atoms with Gasteiger partial charge in [-0.3, -0.25) is 9.78 Å². The van der Waals surface area contributed by atoms with Crippen LogP contribution in [-0.2, 0) is 16.5 Å². The van der Waals surface area contributed by atoms with Gasteiger partial charge in [0.2, 0.25) is 0 Å². The Hall–Kier alpha value is -3.46. The molecule has 1 aliphatic rings. The van der Waals surface area contributed by atoms with Gasteiger partial charge in [-0.1, -0.05) is 24.3 Å². The van der Waals surface area contributed by atoms with Crippen LogP contribution in [0.4, 0.5) is 23.2 Å². The molecular weight excluding hydrogens is 414 g/mol. The fraction of sp³-hybridized carbons (Fsp3) is 0.182. The van der Waals surface area contributed by atoms with Crippen LogP contribution in [0.3, 0.4) is 0 Å². The molecule has 3 N–H and O–H groups in total. The number of halogens is 4. The van der Waals surface area contributed by atoms with Gasteiger partial charge >= 0.3 is 6.18 Å². The van der Waals surface area contributed by atoms with Gasteiger partial charge in [0.1, 0.15) is 17.1 Å². The predicted octanol–water partition coefficient (Wildman–Crippen LogP) is 4.14. The van der Waals surface area contributed by atoms with Crippen molar-refractivity contribution in [2.24, 2.45) is 0 Å². The monoisotopic (exact) mass is 431 g/mol. The number of nitrogens with one attached hydrogen (secondary N) is 1. The number of hydrogen-bond acceptors (Lipinski definition) is 4. The van der Waals surface area contributed by atoms with Gasteiger partial charge < -0.3 is 15.8 Å². The topological polar surface area (TPSA) is 77.2 Å². The maximum Gasteiger partial charge on any atom is 0.433 e. The molecule has 0 bridgehead atoms. The maximum atomic E-state index is 13.1. The van der Waals surface area contributed by atoms with E-state index in [2.05, 4.69) is 10.3 Å². The van der Waals surface area contributed by atoms with Crippen molar-refractivity contribution < 1.29 is 27.1 Å². The molecule has 0 aliphatic carbocycles. The molecule has 0 unspecified atom stereocenters. The SMILES string of the molecule is Nc1cc(C(F)(F)F)ncc1-c1ccc(C2(NC(=O)c3ccc(F)cc3)COC2)cc1. The predicted molar refractivity (Wildman–Crippen MR) is 105 cm³/mol. The van der Waals surface area contributed by atoms with E-state index >= 15 is 0 Å². The van der Waals surface area contributed by atoms with Gasteiger partial charge in [0.05, 0.1) is 13.2 Å². The largest absolute Gasteiger partial charge is 0.433 e. The maximum absolute atomic E-state index is 13.1. The highest BCUT2D eigenvalue weighted by atomic mass is 19.4. The Labute approximate surface area is 174 Å². The standard InChI is InChI=1S/C22H17F4N3O2/c23-16-7-3-14(4-8-16)20(30)29-21(11-31-12-21)15-5-1-13(2-6-15)17-10-28-19(9-18(17)27)22(24,25)26/h1-10H,11-12H2,(H2,27,28)(H,29,30). The number of nitrogens with zero attached hydrogens (tertiary/aromatic N) is 1. The molecule has 31 heavy (non-hydrogen) atoms. The lowest BCUT2D eigenvalue weighted by molar-refractivity contribution is -0.141. The number of nitrogens with two attached hydrogens (primary N) is 1. The van der Waals surface area contributed by atoms with Crippen LogP contribution >= 0.6 is 0 Å². The molecule has 0 saturated carbocycles. The summed E-state index contributed by atoms with van der Waals surface area (Å²) in [6.45, 7) is 0.506. The third kappa shape index (κ3) is 4.09. The van der Waals surface area contributed by atoms with E-state index in [9.17, 15) is 22.4 Å². The molecule has 9 heteroatoms. The summed E-state index contributed by atoms with van der Waals surface area (Å²) in [5.41, 5.74) is 5.98. The minimum atomic E-state index is -4.57. The molecule has 5 nitrogen and oxygen atoms in total. The van der Waals surface area contributed by atoms with Gasteiger partial charge in [-0.05, 0) is 41.5 Å². The molecule has 1 aliphatic heterocycles. The molecule has 0 spiro atoms. The molecular formula is C22H17F4N3O2. The van der Waals surface area contributed by atoms with Crippen molar-refractivity contribution in [3.8, 4) is 11.1 Å². The van der Waals surface area contributed by atoms with E-state index < -0.39 is 23.2 Å². The van der Waals surface area contributed by atoms with Crippen LogP contribution in [0.1, 0.15) is 21.6 Å². The summed E-state index contributed by atoms with van der Waals surface area (Å²) in [5.74, 6) is -0.811. The number of anilines is 1. The normalized spacial score (nSPS) is 15.2. The molecule has 2 aromatic carbocycles. The summed E-state index contributed by atoms with van der Waals surface area (Å²) in [5, 5.41) is 2.93. The Morgan fingerprint density at radius 2 is 1.71 bits per heavy atom. The molecule has 160 valence electrons. The van der Waals surface area contributed by atoms with Crippen LogP contribution in [0, 0.1) is 5.82 Å².